The number of allylic oxidation sites excluding steroid dienone is 4. The molecule has 2 aromatic carbocycles. The van der Waals surface area contributed by atoms with E-state index < -0.39 is 35.3 Å². The zero-order valence-corrected chi connectivity index (χ0v) is 24.0. The molecule has 2 amide bonds. The number of methoxy groups -OCH3 is 1. The van der Waals surface area contributed by atoms with E-state index in [1.54, 1.807) is 18.2 Å². The van der Waals surface area contributed by atoms with Crippen LogP contribution in [0.5, 0.6) is 23.0 Å². The number of benzene rings is 2. The van der Waals surface area contributed by atoms with E-state index in [0.717, 1.165) is 51.4 Å². The van der Waals surface area contributed by atoms with Crippen molar-refractivity contribution in [1.29, 1.82) is 0 Å². The highest BCUT2D eigenvalue weighted by atomic mass is 19.2. The van der Waals surface area contributed by atoms with Gasteiger partial charge in [0, 0.05) is 49.9 Å². The number of pyridine rings is 1. The molecule has 1 atom stereocenters. The molecule has 5 rings (SSSR count). The number of morpholine rings is 1. The predicted molar refractivity (Wildman–Crippen MR) is 158 cm³/mol. The van der Waals surface area contributed by atoms with Gasteiger partial charge in [0.2, 0.25) is 0 Å². The second kappa shape index (κ2) is 13.8. The van der Waals surface area contributed by atoms with Crippen molar-refractivity contribution >= 4 is 23.1 Å². The Hall–Kier alpha value is -4.62. The lowest BCUT2D eigenvalue weighted by Gasteiger charge is -2.29. The number of rotatable bonds is 11. The lowest BCUT2D eigenvalue weighted by molar-refractivity contribution is 0.0357. The van der Waals surface area contributed by atoms with Crippen molar-refractivity contribution in [3.05, 3.63) is 77.8 Å². The van der Waals surface area contributed by atoms with Crippen LogP contribution in [0.2, 0.25) is 0 Å². The van der Waals surface area contributed by atoms with Gasteiger partial charge in [-0.25, -0.2) is 23.4 Å². The molecule has 0 radical (unpaired) electrons. The summed E-state index contributed by atoms with van der Waals surface area (Å²) in [5.74, 6) is -1.66. The van der Waals surface area contributed by atoms with Crippen LogP contribution in [0.1, 0.15) is 18.4 Å². The van der Waals surface area contributed by atoms with Gasteiger partial charge in [0.05, 0.1) is 37.9 Å². The number of amides is 2. The fraction of sp³-hybridized carbons (Fsp3) is 0.323. The van der Waals surface area contributed by atoms with E-state index >= 15 is 4.39 Å². The number of hydrogen-bond acceptors (Lipinski definition) is 8. The summed E-state index contributed by atoms with van der Waals surface area (Å²) in [6.07, 6.45) is 5.31. The summed E-state index contributed by atoms with van der Waals surface area (Å²) in [4.78, 5) is 17.8. The Morgan fingerprint density at radius 1 is 1.14 bits per heavy atom. The number of carbonyl (C=O) groups excluding carboxylic acids is 1. The molecule has 1 saturated heterocycles. The number of nitrogens with one attached hydrogen (secondary N) is 1. The smallest absolute Gasteiger partial charge is 0.332 e. The second-order valence-electron chi connectivity index (χ2n) is 10.3. The molecule has 0 spiro atoms. The Labute approximate surface area is 251 Å². The maximum Gasteiger partial charge on any atom is 0.332 e. The monoisotopic (exact) mass is 611 g/mol. The predicted octanol–water partition coefficient (Wildman–Crippen LogP) is 5.28. The maximum absolute atomic E-state index is 15.5. The summed E-state index contributed by atoms with van der Waals surface area (Å²) in [5, 5.41) is 4.29. The summed E-state index contributed by atoms with van der Waals surface area (Å²) < 4.78 is 66.5. The van der Waals surface area contributed by atoms with Gasteiger partial charge in [-0.15, -0.1) is 0 Å². The molecule has 1 unspecified atom stereocenters. The lowest BCUT2D eigenvalue weighted by Crippen LogP contribution is -2.37. The standard InChI is InChI=1S/C31H32F3N5O5/c1-41-28-16-21-25(17-29(28)43-12-2-9-39-10-13-42-14-11-39)36-8-6-26(21)44-27-4-3-20(15-23(27)33)31(19-37-38-30(35)40)7-5-22(32)24(34)18-31/h3-8,15-17,19H,2,9-14,18H2,1H3,(H3,35,38,40). The molecule has 0 saturated carbocycles. The number of hydrazone groups is 1. The fourth-order valence-electron chi connectivity index (χ4n) is 5.06. The molecule has 13 heteroatoms. The molecule has 1 aliphatic carbocycles. The summed E-state index contributed by atoms with van der Waals surface area (Å²) >= 11 is 0. The van der Waals surface area contributed by atoms with E-state index in [1.165, 1.54) is 37.7 Å². The van der Waals surface area contributed by atoms with Crippen molar-refractivity contribution in [2.75, 3.05) is 46.6 Å². The third-order valence-corrected chi connectivity index (χ3v) is 7.36. The molecular weight excluding hydrogens is 579 g/mol. The first-order valence-corrected chi connectivity index (χ1v) is 14.0. The van der Waals surface area contributed by atoms with Gasteiger partial charge in [-0.05, 0) is 42.3 Å². The first-order valence-electron chi connectivity index (χ1n) is 14.0. The third-order valence-electron chi connectivity index (χ3n) is 7.36. The van der Waals surface area contributed by atoms with Crippen molar-refractivity contribution < 1.29 is 36.9 Å². The molecule has 2 heterocycles. The highest BCUT2D eigenvalue weighted by molar-refractivity contribution is 5.88. The van der Waals surface area contributed by atoms with E-state index in [4.69, 9.17) is 24.7 Å². The minimum absolute atomic E-state index is 0.118. The molecule has 1 fully saturated rings. The van der Waals surface area contributed by atoms with Crippen LogP contribution in [0.3, 0.4) is 0 Å². The normalized spacial score (nSPS) is 19.0. The van der Waals surface area contributed by atoms with Gasteiger partial charge < -0.3 is 24.7 Å². The summed E-state index contributed by atoms with van der Waals surface area (Å²) in [6.45, 7) is 4.68. The number of nitrogens with zero attached hydrogens (tertiary/aromatic N) is 3. The third kappa shape index (κ3) is 7.12. The van der Waals surface area contributed by atoms with E-state index in [9.17, 15) is 13.6 Å². The van der Waals surface area contributed by atoms with Crippen LogP contribution in [-0.2, 0) is 10.2 Å². The zero-order valence-electron chi connectivity index (χ0n) is 24.0. The van der Waals surface area contributed by atoms with Gasteiger partial charge in [0.15, 0.2) is 28.9 Å². The average molecular weight is 612 g/mol. The fourth-order valence-corrected chi connectivity index (χ4v) is 5.06. The maximum atomic E-state index is 15.5. The summed E-state index contributed by atoms with van der Waals surface area (Å²) in [7, 11) is 1.53. The van der Waals surface area contributed by atoms with Crippen LogP contribution in [0.15, 0.2) is 71.5 Å². The largest absolute Gasteiger partial charge is 0.493 e. The lowest BCUT2D eigenvalue weighted by atomic mass is 9.76. The molecule has 44 heavy (non-hydrogen) atoms. The number of fused-ring (bicyclic) bond motifs is 1. The van der Waals surface area contributed by atoms with Crippen molar-refractivity contribution in [1.82, 2.24) is 15.3 Å². The number of hydrogen-bond donors (Lipinski definition) is 2. The molecule has 1 aromatic heterocycles. The Bertz CT molecular complexity index is 1610. The molecular formula is C31H32F3N5O5. The van der Waals surface area contributed by atoms with Crippen LogP contribution in [0, 0.1) is 5.82 Å². The van der Waals surface area contributed by atoms with Gasteiger partial charge in [0.25, 0.3) is 0 Å². The number of halogens is 3. The van der Waals surface area contributed by atoms with Gasteiger partial charge in [-0.2, -0.15) is 5.10 Å². The highest BCUT2D eigenvalue weighted by Gasteiger charge is 2.34. The number of primary amides is 1. The Morgan fingerprint density at radius 2 is 1.95 bits per heavy atom. The van der Waals surface area contributed by atoms with Crippen LogP contribution in [0.25, 0.3) is 10.9 Å². The van der Waals surface area contributed by atoms with Crippen LogP contribution < -0.4 is 25.4 Å². The van der Waals surface area contributed by atoms with E-state index in [-0.39, 0.29) is 11.3 Å². The number of ether oxygens (including phenoxy) is 4. The van der Waals surface area contributed by atoms with E-state index in [2.05, 4.69) is 15.0 Å². The van der Waals surface area contributed by atoms with Gasteiger partial charge in [0.1, 0.15) is 11.6 Å². The zero-order chi connectivity index (χ0) is 31.1. The minimum Gasteiger partial charge on any atom is -0.493 e. The number of urea groups is 1. The van der Waals surface area contributed by atoms with Crippen molar-refractivity contribution in [3.8, 4) is 23.0 Å². The van der Waals surface area contributed by atoms with Crippen molar-refractivity contribution in [3.63, 3.8) is 0 Å². The van der Waals surface area contributed by atoms with Gasteiger partial charge >= 0.3 is 6.03 Å². The molecule has 0 bridgehead atoms. The topological polar surface area (TPSA) is 121 Å². The first-order chi connectivity index (χ1) is 21.3. The molecule has 3 aromatic rings. The quantitative estimate of drug-likeness (QED) is 0.172. The number of nitrogens with two attached hydrogens (primary N) is 1. The Kier molecular flexibility index (Phi) is 9.65. The Balaban J connectivity index is 1.35. The molecule has 1 aliphatic heterocycles. The Morgan fingerprint density at radius 3 is 2.68 bits per heavy atom. The minimum atomic E-state index is -1.39. The molecule has 3 N–H and O–H groups in total. The van der Waals surface area contributed by atoms with Crippen LogP contribution in [0.4, 0.5) is 18.0 Å². The van der Waals surface area contributed by atoms with Crippen LogP contribution in [-0.4, -0.2) is 68.7 Å². The number of aromatic nitrogens is 1. The van der Waals surface area contributed by atoms with Crippen molar-refractivity contribution in [2.24, 2.45) is 10.8 Å². The van der Waals surface area contributed by atoms with Crippen LogP contribution >= 0.6 is 0 Å². The molecule has 232 valence electrons. The average Bonchev–Trinajstić information content (AvgIpc) is 3.02. The number of carbonyl (C=O) groups is 1. The summed E-state index contributed by atoms with van der Waals surface area (Å²) in [6, 6.07) is 8.12. The first kappa shape index (κ1) is 30.8. The van der Waals surface area contributed by atoms with Gasteiger partial charge in [-0.3, -0.25) is 9.88 Å². The van der Waals surface area contributed by atoms with E-state index in [0.29, 0.717) is 34.8 Å². The highest BCUT2D eigenvalue weighted by Crippen LogP contribution is 2.41. The van der Waals surface area contributed by atoms with E-state index in [1.807, 2.05) is 5.43 Å². The molecule has 10 nitrogen and oxygen atoms in total. The SMILES string of the molecule is COc1cc2c(Oc3ccc(C4(C=NNC(N)=O)C=CC(F)=C(F)C4)cc3F)ccnc2cc1OCCCN1CCOCC1. The second-order valence-corrected chi connectivity index (χ2v) is 10.3. The molecule has 2 aliphatic rings. The van der Waals surface area contributed by atoms with Gasteiger partial charge in [-0.1, -0.05) is 12.1 Å². The van der Waals surface area contributed by atoms with Crippen molar-refractivity contribution in [2.45, 2.75) is 18.3 Å². The summed E-state index contributed by atoms with van der Waals surface area (Å²) in [5.41, 5.74) is 6.48.